The molecule has 0 heterocycles. The minimum Gasteiger partial charge on any atom is -0.348 e. The minimum absolute atomic E-state index is 0.0712. The van der Waals surface area contributed by atoms with Crippen LogP contribution in [0.25, 0.3) is 0 Å². The van der Waals surface area contributed by atoms with E-state index < -0.39 is 23.5 Å². The van der Waals surface area contributed by atoms with Gasteiger partial charge < -0.3 is 5.32 Å². The van der Waals surface area contributed by atoms with Gasteiger partial charge in [-0.05, 0) is 42.3 Å². The molecule has 0 aliphatic rings. The maximum Gasteiger partial charge on any atom is 0.416 e. The summed E-state index contributed by atoms with van der Waals surface area (Å²) in [6.45, 7) is 1.50. The SMILES string of the molecule is Cc1ccc(C(=O)NCc2cccc(C(F)(F)F)c2)cc1F. The Morgan fingerprint density at radius 3 is 2.50 bits per heavy atom. The van der Waals surface area contributed by atoms with Gasteiger partial charge in [0, 0.05) is 12.1 Å². The van der Waals surface area contributed by atoms with Gasteiger partial charge in [-0.1, -0.05) is 18.2 Å². The molecule has 0 atom stereocenters. The fourth-order valence-electron chi connectivity index (χ4n) is 1.88. The standard InChI is InChI=1S/C16H13F4NO/c1-10-5-6-12(8-14(10)17)15(22)21-9-11-3-2-4-13(7-11)16(18,19)20/h2-8H,9H2,1H3,(H,21,22). The Bertz CT molecular complexity index is 695. The molecule has 0 unspecified atom stereocenters. The smallest absolute Gasteiger partial charge is 0.348 e. The summed E-state index contributed by atoms with van der Waals surface area (Å²) in [7, 11) is 0. The summed E-state index contributed by atoms with van der Waals surface area (Å²) >= 11 is 0. The molecule has 1 amide bonds. The Kier molecular flexibility index (Phi) is 4.49. The molecule has 0 bridgehead atoms. The number of aryl methyl sites for hydroxylation is 1. The van der Waals surface area contributed by atoms with E-state index in [0.717, 1.165) is 18.2 Å². The summed E-state index contributed by atoms with van der Waals surface area (Å²) in [6, 6.07) is 8.70. The van der Waals surface area contributed by atoms with Crippen LogP contribution in [0, 0.1) is 12.7 Å². The monoisotopic (exact) mass is 311 g/mol. The fourth-order valence-corrected chi connectivity index (χ4v) is 1.88. The van der Waals surface area contributed by atoms with Crippen LogP contribution in [0.3, 0.4) is 0 Å². The Balaban J connectivity index is 2.06. The molecule has 0 spiro atoms. The molecule has 2 aromatic rings. The van der Waals surface area contributed by atoms with Crippen LogP contribution in [0.4, 0.5) is 17.6 Å². The van der Waals surface area contributed by atoms with Crippen molar-refractivity contribution in [1.29, 1.82) is 0 Å². The third-order valence-corrected chi connectivity index (χ3v) is 3.14. The Labute approximate surface area is 124 Å². The van der Waals surface area contributed by atoms with Crippen LogP contribution < -0.4 is 5.32 Å². The van der Waals surface area contributed by atoms with E-state index in [1.807, 2.05) is 0 Å². The number of hydrogen-bond acceptors (Lipinski definition) is 1. The van der Waals surface area contributed by atoms with E-state index in [1.54, 1.807) is 6.92 Å². The van der Waals surface area contributed by atoms with Gasteiger partial charge in [-0.3, -0.25) is 4.79 Å². The number of hydrogen-bond donors (Lipinski definition) is 1. The molecule has 2 rings (SSSR count). The molecule has 1 N–H and O–H groups in total. The Hall–Kier alpha value is -2.37. The molecule has 0 saturated carbocycles. The van der Waals surface area contributed by atoms with Crippen molar-refractivity contribution in [3.63, 3.8) is 0 Å². The van der Waals surface area contributed by atoms with Crippen molar-refractivity contribution in [2.45, 2.75) is 19.6 Å². The number of benzene rings is 2. The molecule has 6 heteroatoms. The maximum atomic E-state index is 13.4. The van der Waals surface area contributed by atoms with E-state index in [1.165, 1.54) is 24.3 Å². The van der Waals surface area contributed by atoms with Crippen molar-refractivity contribution < 1.29 is 22.4 Å². The number of alkyl halides is 3. The number of amides is 1. The molecule has 0 saturated heterocycles. The summed E-state index contributed by atoms with van der Waals surface area (Å²) < 4.78 is 51.1. The lowest BCUT2D eigenvalue weighted by Crippen LogP contribution is -2.23. The van der Waals surface area contributed by atoms with E-state index in [9.17, 15) is 22.4 Å². The van der Waals surface area contributed by atoms with E-state index in [4.69, 9.17) is 0 Å². The first-order chi connectivity index (χ1) is 10.3. The maximum absolute atomic E-state index is 13.4. The molecule has 0 aromatic heterocycles. The van der Waals surface area contributed by atoms with Gasteiger partial charge in [0.05, 0.1) is 5.56 Å². The first-order valence-electron chi connectivity index (χ1n) is 6.48. The topological polar surface area (TPSA) is 29.1 Å². The molecule has 116 valence electrons. The molecule has 2 aromatic carbocycles. The van der Waals surface area contributed by atoms with Crippen LogP contribution >= 0.6 is 0 Å². The van der Waals surface area contributed by atoms with Crippen molar-refractivity contribution in [2.75, 3.05) is 0 Å². The van der Waals surface area contributed by atoms with Crippen LogP contribution in [0.1, 0.15) is 27.0 Å². The largest absolute Gasteiger partial charge is 0.416 e. The van der Waals surface area contributed by atoms with Crippen LogP contribution in [-0.2, 0) is 12.7 Å². The summed E-state index contributed by atoms with van der Waals surface area (Å²) in [6.07, 6.45) is -4.43. The van der Waals surface area contributed by atoms with Gasteiger partial charge in [-0.15, -0.1) is 0 Å². The second kappa shape index (κ2) is 6.17. The number of halogens is 4. The summed E-state index contributed by atoms with van der Waals surface area (Å²) in [5.74, 6) is -1.05. The van der Waals surface area contributed by atoms with Crippen molar-refractivity contribution in [1.82, 2.24) is 5.32 Å². The van der Waals surface area contributed by atoms with E-state index >= 15 is 0 Å². The molecule has 0 aliphatic heterocycles. The van der Waals surface area contributed by atoms with Gasteiger partial charge in [-0.25, -0.2) is 4.39 Å². The van der Waals surface area contributed by atoms with Gasteiger partial charge in [0.25, 0.3) is 5.91 Å². The van der Waals surface area contributed by atoms with Crippen molar-refractivity contribution in [3.8, 4) is 0 Å². The lowest BCUT2D eigenvalue weighted by atomic mass is 10.1. The third-order valence-electron chi connectivity index (χ3n) is 3.14. The first kappa shape index (κ1) is 16.0. The van der Waals surface area contributed by atoms with Crippen LogP contribution in [0.2, 0.25) is 0 Å². The van der Waals surface area contributed by atoms with Crippen molar-refractivity contribution >= 4 is 5.91 Å². The van der Waals surface area contributed by atoms with E-state index in [0.29, 0.717) is 11.1 Å². The average Bonchev–Trinajstić information content (AvgIpc) is 2.47. The molecule has 2 nitrogen and oxygen atoms in total. The third kappa shape index (κ3) is 3.84. The fraction of sp³-hybridized carbons (Fsp3) is 0.188. The van der Waals surface area contributed by atoms with Crippen LogP contribution in [0.15, 0.2) is 42.5 Å². The zero-order chi connectivity index (χ0) is 16.3. The van der Waals surface area contributed by atoms with E-state index in [2.05, 4.69) is 5.32 Å². The summed E-state index contributed by atoms with van der Waals surface area (Å²) in [5.41, 5.74) is 0.0703. The second-order valence-corrected chi connectivity index (χ2v) is 4.84. The van der Waals surface area contributed by atoms with Gasteiger partial charge in [0.2, 0.25) is 0 Å². The molecule has 0 aliphatic carbocycles. The minimum atomic E-state index is -4.43. The lowest BCUT2D eigenvalue weighted by Gasteiger charge is -2.10. The van der Waals surface area contributed by atoms with Crippen LogP contribution in [0.5, 0.6) is 0 Å². The first-order valence-corrected chi connectivity index (χ1v) is 6.48. The molecule has 0 fully saturated rings. The molecule has 22 heavy (non-hydrogen) atoms. The predicted molar refractivity (Wildman–Crippen MR) is 73.8 cm³/mol. The van der Waals surface area contributed by atoms with Crippen molar-refractivity contribution in [3.05, 3.63) is 70.5 Å². The number of carbonyl (C=O) groups excluding carboxylic acids is 1. The van der Waals surface area contributed by atoms with Crippen LogP contribution in [-0.4, -0.2) is 5.91 Å². The Morgan fingerprint density at radius 1 is 1.14 bits per heavy atom. The summed E-state index contributed by atoms with van der Waals surface area (Å²) in [4.78, 5) is 11.9. The zero-order valence-electron chi connectivity index (χ0n) is 11.7. The van der Waals surface area contributed by atoms with Crippen molar-refractivity contribution in [2.24, 2.45) is 0 Å². The highest BCUT2D eigenvalue weighted by Gasteiger charge is 2.30. The predicted octanol–water partition coefficient (Wildman–Crippen LogP) is 4.08. The van der Waals surface area contributed by atoms with Gasteiger partial charge in [-0.2, -0.15) is 13.2 Å². The molecular formula is C16H13F4NO. The average molecular weight is 311 g/mol. The quantitative estimate of drug-likeness (QED) is 0.850. The normalized spacial score (nSPS) is 11.3. The molecule has 0 radical (unpaired) electrons. The number of nitrogens with one attached hydrogen (secondary N) is 1. The highest BCUT2D eigenvalue weighted by atomic mass is 19.4. The van der Waals surface area contributed by atoms with E-state index in [-0.39, 0.29) is 12.1 Å². The highest BCUT2D eigenvalue weighted by Crippen LogP contribution is 2.29. The van der Waals surface area contributed by atoms with Gasteiger partial charge in [0.1, 0.15) is 5.82 Å². The molecular weight excluding hydrogens is 298 g/mol. The van der Waals surface area contributed by atoms with Gasteiger partial charge in [0.15, 0.2) is 0 Å². The van der Waals surface area contributed by atoms with Gasteiger partial charge >= 0.3 is 6.18 Å². The number of rotatable bonds is 3. The lowest BCUT2D eigenvalue weighted by molar-refractivity contribution is -0.137. The Morgan fingerprint density at radius 2 is 1.86 bits per heavy atom. The zero-order valence-corrected chi connectivity index (χ0v) is 11.7. The number of carbonyl (C=O) groups is 1. The summed E-state index contributed by atoms with van der Waals surface area (Å²) in [5, 5.41) is 2.47. The highest BCUT2D eigenvalue weighted by molar-refractivity contribution is 5.94. The second-order valence-electron chi connectivity index (χ2n) is 4.84.